The van der Waals surface area contributed by atoms with E-state index in [1.807, 2.05) is 28.9 Å². The third kappa shape index (κ3) is 1.69. The van der Waals surface area contributed by atoms with Crippen LogP contribution in [0.2, 0.25) is 0 Å². The van der Waals surface area contributed by atoms with Crippen molar-refractivity contribution in [2.45, 2.75) is 0 Å². The summed E-state index contributed by atoms with van der Waals surface area (Å²) in [5, 5.41) is 0. The summed E-state index contributed by atoms with van der Waals surface area (Å²) in [6, 6.07) is 0. The molecule has 0 bridgehead atoms. The van der Waals surface area contributed by atoms with E-state index in [9.17, 15) is 0 Å². The Kier molecular flexibility index (Phi) is 3.14. The summed E-state index contributed by atoms with van der Waals surface area (Å²) in [6.45, 7) is 3.59. The third-order valence-electron chi connectivity index (χ3n) is 0.924. The molecule has 0 aromatic rings. The molecule has 0 atom stereocenters. The van der Waals surface area contributed by atoms with E-state index in [0.29, 0.717) is 0 Å². The fourth-order valence-corrected chi connectivity index (χ4v) is 1.73. The van der Waals surface area contributed by atoms with Gasteiger partial charge in [0.05, 0.1) is 33.3 Å². The van der Waals surface area contributed by atoms with Crippen LogP contribution in [0.5, 0.6) is 0 Å². The van der Waals surface area contributed by atoms with Gasteiger partial charge in [0, 0.05) is 0 Å². The molecular weight excluding hydrogens is 259 g/mol. The molecule has 0 N–H and O–H groups in total. The van der Waals surface area contributed by atoms with Gasteiger partial charge in [-0.15, -0.1) is 0 Å². The molecule has 0 saturated heterocycles. The minimum atomic E-state index is 0.783. The Bertz CT molecular complexity index is 230. The van der Waals surface area contributed by atoms with E-state index in [1.54, 1.807) is 23.4 Å². The maximum atomic E-state index is 4.02. The average molecular weight is 264 g/mol. The van der Waals surface area contributed by atoms with E-state index in [1.165, 1.54) is 0 Å². The second-order valence-corrected chi connectivity index (χ2v) is 2.90. The molecule has 0 aliphatic carbocycles. The van der Waals surface area contributed by atoms with Crippen LogP contribution in [-0.2, 0) is 0 Å². The number of thioether (sulfide) groups is 1. The molecule has 0 fully saturated rings. The van der Waals surface area contributed by atoms with Gasteiger partial charge in [-0.1, -0.05) is 24.4 Å². The highest BCUT2D eigenvalue weighted by Crippen LogP contribution is 2.22. The summed E-state index contributed by atoms with van der Waals surface area (Å²) in [7, 11) is 0. The van der Waals surface area contributed by atoms with Crippen molar-refractivity contribution in [3.8, 4) is 0 Å². The van der Waals surface area contributed by atoms with Gasteiger partial charge in [0.25, 0.3) is 0 Å². The van der Waals surface area contributed by atoms with Crippen molar-refractivity contribution < 1.29 is 0 Å². The Morgan fingerprint density at radius 1 is 1.80 bits per heavy atom. The second kappa shape index (κ2) is 3.92. The first kappa shape index (κ1) is 8.00. The summed E-state index contributed by atoms with van der Waals surface area (Å²) < 4.78 is 3.94. The third-order valence-corrected chi connectivity index (χ3v) is 2.16. The van der Waals surface area contributed by atoms with Crippen LogP contribution in [0.4, 0.5) is 0 Å². The molecule has 0 radical (unpaired) electrons. The molecule has 0 saturated carbocycles. The van der Waals surface area contributed by atoms with Crippen molar-refractivity contribution in [1.82, 2.24) is 0 Å². The molecule has 0 unspecified atom stereocenters. The number of aliphatic imine (C=N–C) groups is 1. The number of allylic oxidation sites excluding steroid dienone is 2. The molecular formula is C6H5IN2S. The minimum Gasteiger partial charge on any atom is -0.228 e. The van der Waals surface area contributed by atoms with Gasteiger partial charge in [0.1, 0.15) is 0 Å². The van der Waals surface area contributed by atoms with Gasteiger partial charge in [-0.25, -0.2) is 4.99 Å². The van der Waals surface area contributed by atoms with Gasteiger partial charge in [-0.2, -0.15) is 3.21 Å². The van der Waals surface area contributed by atoms with Crippen molar-refractivity contribution in [2.24, 2.45) is 8.20 Å². The van der Waals surface area contributed by atoms with Crippen LogP contribution >= 0.6 is 34.6 Å². The van der Waals surface area contributed by atoms with E-state index in [2.05, 4.69) is 14.8 Å². The number of halogens is 1. The molecule has 10 heavy (non-hydrogen) atoms. The van der Waals surface area contributed by atoms with Crippen LogP contribution in [0.1, 0.15) is 0 Å². The first-order valence-corrected chi connectivity index (χ1v) is 4.44. The Labute approximate surface area is 77.7 Å². The first-order valence-electron chi connectivity index (χ1n) is 2.59. The SMILES string of the molecule is C=C/C=C1/SC=N/C1=N/I. The van der Waals surface area contributed by atoms with Crippen LogP contribution in [0.3, 0.4) is 0 Å². The maximum absolute atomic E-state index is 4.02. The van der Waals surface area contributed by atoms with Crippen molar-refractivity contribution >= 4 is 46.0 Å². The molecule has 0 aromatic carbocycles. The zero-order chi connectivity index (χ0) is 7.40. The predicted molar refractivity (Wildman–Crippen MR) is 55.8 cm³/mol. The Balaban J connectivity index is 2.84. The summed E-state index contributed by atoms with van der Waals surface area (Å²) in [5.41, 5.74) is 1.77. The molecule has 1 aliphatic heterocycles. The van der Waals surface area contributed by atoms with Gasteiger partial charge in [0.15, 0.2) is 5.84 Å². The van der Waals surface area contributed by atoms with Gasteiger partial charge < -0.3 is 0 Å². The molecule has 1 rings (SSSR count). The van der Waals surface area contributed by atoms with Gasteiger partial charge in [0.2, 0.25) is 0 Å². The van der Waals surface area contributed by atoms with Gasteiger partial charge in [-0.05, 0) is 6.08 Å². The van der Waals surface area contributed by atoms with E-state index in [4.69, 9.17) is 0 Å². The Hall–Kier alpha value is -0.100. The lowest BCUT2D eigenvalue weighted by Gasteiger charge is -1.89. The Morgan fingerprint density at radius 2 is 2.60 bits per heavy atom. The fraction of sp³-hybridized carbons (Fsp3) is 0. The summed E-state index contributed by atoms with van der Waals surface area (Å²) >= 11 is 3.49. The highest BCUT2D eigenvalue weighted by Gasteiger charge is 2.09. The number of hydrogen-bond donors (Lipinski definition) is 0. The normalized spacial score (nSPS) is 24.5. The predicted octanol–water partition coefficient (Wildman–Crippen LogP) is 2.58. The highest BCUT2D eigenvalue weighted by molar-refractivity contribution is 14.1. The number of amidine groups is 1. The summed E-state index contributed by atoms with van der Waals surface area (Å²) in [6.07, 6.45) is 3.63. The quantitative estimate of drug-likeness (QED) is 0.668. The van der Waals surface area contributed by atoms with Crippen LogP contribution in [0, 0.1) is 0 Å². The summed E-state index contributed by atoms with van der Waals surface area (Å²) in [5.74, 6) is 0.783. The lowest BCUT2D eigenvalue weighted by Crippen LogP contribution is -1.86. The standard InChI is InChI=1S/C6H5IN2S/c1-2-3-5-6(9-7)8-4-10-5/h2-4H,1H2/b5-3+,9-6+. The molecule has 4 heteroatoms. The molecule has 0 aromatic heterocycles. The molecule has 0 spiro atoms. The van der Waals surface area contributed by atoms with Gasteiger partial charge >= 0.3 is 0 Å². The highest BCUT2D eigenvalue weighted by atomic mass is 127. The first-order chi connectivity index (χ1) is 4.88. The lowest BCUT2D eigenvalue weighted by atomic mass is 10.4. The van der Waals surface area contributed by atoms with Crippen molar-refractivity contribution in [3.05, 3.63) is 23.6 Å². The molecule has 2 nitrogen and oxygen atoms in total. The lowest BCUT2D eigenvalue weighted by molar-refractivity contribution is 1.71. The number of hydrogen-bond acceptors (Lipinski definition) is 2. The molecule has 1 aliphatic rings. The van der Waals surface area contributed by atoms with Crippen LogP contribution < -0.4 is 0 Å². The van der Waals surface area contributed by atoms with Crippen LogP contribution in [-0.4, -0.2) is 11.4 Å². The van der Waals surface area contributed by atoms with Crippen molar-refractivity contribution in [3.63, 3.8) is 0 Å². The van der Waals surface area contributed by atoms with E-state index in [0.717, 1.165) is 10.7 Å². The summed E-state index contributed by atoms with van der Waals surface area (Å²) in [4.78, 5) is 5.08. The number of nitrogens with zero attached hydrogens (tertiary/aromatic N) is 2. The topological polar surface area (TPSA) is 24.7 Å². The maximum Gasteiger partial charge on any atom is 0.172 e. The smallest absolute Gasteiger partial charge is 0.172 e. The zero-order valence-electron chi connectivity index (χ0n) is 5.12. The van der Waals surface area contributed by atoms with Gasteiger partial charge in [-0.3, -0.25) is 0 Å². The fourth-order valence-electron chi connectivity index (χ4n) is 0.534. The van der Waals surface area contributed by atoms with Crippen LogP contribution in [0.15, 0.2) is 31.8 Å². The molecule has 0 amide bonds. The minimum absolute atomic E-state index is 0.783. The average Bonchev–Trinajstić information content (AvgIpc) is 2.36. The van der Waals surface area contributed by atoms with Crippen molar-refractivity contribution in [2.75, 3.05) is 0 Å². The molecule has 52 valence electrons. The van der Waals surface area contributed by atoms with E-state index < -0.39 is 0 Å². The second-order valence-electron chi connectivity index (χ2n) is 1.53. The zero-order valence-corrected chi connectivity index (χ0v) is 8.09. The van der Waals surface area contributed by atoms with Crippen molar-refractivity contribution in [1.29, 1.82) is 0 Å². The molecule has 1 heterocycles. The monoisotopic (exact) mass is 264 g/mol. The number of rotatable bonds is 1. The van der Waals surface area contributed by atoms with E-state index >= 15 is 0 Å². The largest absolute Gasteiger partial charge is 0.228 e. The van der Waals surface area contributed by atoms with E-state index in [-0.39, 0.29) is 0 Å². The Morgan fingerprint density at radius 3 is 3.20 bits per heavy atom. The van der Waals surface area contributed by atoms with Crippen LogP contribution in [0.25, 0.3) is 0 Å².